The second-order valence-corrected chi connectivity index (χ2v) is 7.81. The molecule has 0 saturated carbocycles. The van der Waals surface area contributed by atoms with Crippen LogP contribution >= 0.6 is 0 Å². The Morgan fingerprint density at radius 3 is 2.00 bits per heavy atom. The molecule has 1 aliphatic rings. The molecule has 1 aromatic rings. The van der Waals surface area contributed by atoms with Gasteiger partial charge in [0.15, 0.2) is 0 Å². The number of hydrogen-bond acceptors (Lipinski definition) is 3. The maximum Gasteiger partial charge on any atom is 0.336 e. The molecular weight excluding hydrogens is 294 g/mol. The maximum atomic E-state index is 11.8. The van der Waals surface area contributed by atoms with Crippen molar-refractivity contribution in [2.45, 2.75) is 64.5 Å². The van der Waals surface area contributed by atoms with Gasteiger partial charge in [0.2, 0.25) is 0 Å². The van der Waals surface area contributed by atoms with E-state index in [1.54, 1.807) is 13.0 Å². The van der Waals surface area contributed by atoms with Crippen molar-refractivity contribution in [3.63, 3.8) is 0 Å². The molecular formula is C18H25NO4. The molecule has 3 N–H and O–H groups in total. The van der Waals surface area contributed by atoms with Crippen LogP contribution in [0.1, 0.15) is 78.3 Å². The van der Waals surface area contributed by atoms with Gasteiger partial charge in [0.25, 0.3) is 0 Å². The van der Waals surface area contributed by atoms with Crippen molar-refractivity contribution < 1.29 is 19.8 Å². The van der Waals surface area contributed by atoms with Crippen LogP contribution in [0.15, 0.2) is 12.1 Å². The number of carboxylic acid groups (broad SMARTS) is 2. The molecule has 5 nitrogen and oxygen atoms in total. The van der Waals surface area contributed by atoms with E-state index < -0.39 is 11.9 Å². The summed E-state index contributed by atoms with van der Waals surface area (Å²) in [4.78, 5) is 23.1. The van der Waals surface area contributed by atoms with E-state index in [1.807, 2.05) is 0 Å². The molecule has 1 aromatic carbocycles. The highest BCUT2D eigenvalue weighted by molar-refractivity contribution is 5.97. The molecule has 0 amide bonds. The third kappa shape index (κ3) is 3.55. The van der Waals surface area contributed by atoms with Gasteiger partial charge in [-0.1, -0.05) is 6.07 Å². The Morgan fingerprint density at radius 1 is 1.04 bits per heavy atom. The summed E-state index contributed by atoms with van der Waals surface area (Å²) < 4.78 is 0. The first-order chi connectivity index (χ1) is 10.4. The van der Waals surface area contributed by atoms with Crippen molar-refractivity contribution in [1.82, 2.24) is 5.32 Å². The van der Waals surface area contributed by atoms with Crippen LogP contribution in [0.5, 0.6) is 0 Å². The molecule has 0 aromatic heterocycles. The highest BCUT2D eigenvalue weighted by Gasteiger charge is 2.39. The maximum absolute atomic E-state index is 11.8. The summed E-state index contributed by atoms with van der Waals surface area (Å²) in [6.07, 6.45) is 1.62. The lowest BCUT2D eigenvalue weighted by molar-refractivity contribution is 0.0691. The van der Waals surface area contributed by atoms with E-state index in [4.69, 9.17) is 0 Å². The van der Waals surface area contributed by atoms with Gasteiger partial charge < -0.3 is 15.5 Å². The van der Waals surface area contributed by atoms with Crippen molar-refractivity contribution in [3.8, 4) is 0 Å². The van der Waals surface area contributed by atoms with Gasteiger partial charge in [0.05, 0.1) is 11.1 Å². The van der Waals surface area contributed by atoms with Gasteiger partial charge in [0, 0.05) is 11.1 Å². The molecule has 1 heterocycles. The topological polar surface area (TPSA) is 86.6 Å². The first-order valence-corrected chi connectivity index (χ1v) is 7.83. The Balaban J connectivity index is 2.57. The third-order valence-electron chi connectivity index (χ3n) is 4.57. The minimum atomic E-state index is -1.09. The molecule has 0 unspecified atom stereocenters. The van der Waals surface area contributed by atoms with Gasteiger partial charge >= 0.3 is 11.9 Å². The van der Waals surface area contributed by atoms with Crippen LogP contribution in [0.4, 0.5) is 0 Å². The minimum Gasteiger partial charge on any atom is -0.478 e. The van der Waals surface area contributed by atoms with E-state index in [0.717, 1.165) is 18.4 Å². The smallest absolute Gasteiger partial charge is 0.336 e. The molecule has 2 rings (SSSR count). The predicted molar refractivity (Wildman–Crippen MR) is 88.4 cm³/mol. The predicted octanol–water partition coefficient (Wildman–Crippen LogP) is 3.42. The quantitative estimate of drug-likeness (QED) is 0.794. The average Bonchev–Trinajstić information content (AvgIpc) is 2.33. The molecule has 23 heavy (non-hydrogen) atoms. The third-order valence-corrected chi connectivity index (χ3v) is 4.57. The lowest BCUT2D eigenvalue weighted by Gasteiger charge is -2.47. The van der Waals surface area contributed by atoms with Gasteiger partial charge in [-0.25, -0.2) is 9.59 Å². The molecule has 1 fully saturated rings. The fourth-order valence-corrected chi connectivity index (χ4v) is 4.13. The van der Waals surface area contributed by atoms with Gasteiger partial charge in [-0.2, -0.15) is 0 Å². The number of hydrogen-bond donors (Lipinski definition) is 3. The van der Waals surface area contributed by atoms with Crippen LogP contribution in [-0.4, -0.2) is 33.2 Å². The van der Waals surface area contributed by atoms with Crippen molar-refractivity contribution >= 4 is 11.9 Å². The number of aromatic carboxylic acids is 2. The van der Waals surface area contributed by atoms with Crippen LogP contribution < -0.4 is 5.32 Å². The highest BCUT2D eigenvalue weighted by atomic mass is 16.4. The van der Waals surface area contributed by atoms with E-state index in [1.165, 1.54) is 6.07 Å². The number of nitrogens with one attached hydrogen (secondary N) is 1. The monoisotopic (exact) mass is 319 g/mol. The van der Waals surface area contributed by atoms with Crippen LogP contribution in [-0.2, 0) is 0 Å². The second kappa shape index (κ2) is 5.64. The zero-order valence-corrected chi connectivity index (χ0v) is 14.4. The molecule has 0 aliphatic carbocycles. The Labute approximate surface area is 136 Å². The molecule has 0 atom stereocenters. The molecule has 0 bridgehead atoms. The zero-order valence-electron chi connectivity index (χ0n) is 14.4. The first kappa shape index (κ1) is 17.5. The average molecular weight is 319 g/mol. The fraction of sp³-hybridized carbons (Fsp3) is 0.556. The van der Waals surface area contributed by atoms with E-state index in [2.05, 4.69) is 33.0 Å². The molecule has 1 aliphatic heterocycles. The Hall–Kier alpha value is -1.88. The van der Waals surface area contributed by atoms with E-state index in [-0.39, 0.29) is 28.1 Å². The second-order valence-electron chi connectivity index (χ2n) is 7.81. The van der Waals surface area contributed by atoms with Crippen molar-refractivity contribution in [2.75, 3.05) is 0 Å². The number of piperidine rings is 1. The summed E-state index contributed by atoms with van der Waals surface area (Å²) in [5.41, 5.74) is 1.05. The number of benzene rings is 1. The van der Waals surface area contributed by atoms with Gasteiger partial charge in [-0.05, 0) is 70.6 Å². The van der Waals surface area contributed by atoms with Crippen LogP contribution in [0, 0.1) is 6.92 Å². The van der Waals surface area contributed by atoms with Crippen molar-refractivity contribution in [1.29, 1.82) is 0 Å². The van der Waals surface area contributed by atoms with Gasteiger partial charge in [-0.3, -0.25) is 0 Å². The van der Waals surface area contributed by atoms with Gasteiger partial charge in [-0.15, -0.1) is 0 Å². The van der Waals surface area contributed by atoms with Crippen LogP contribution in [0.3, 0.4) is 0 Å². The SMILES string of the molecule is Cc1c(C(=O)O)ccc(C2CC(C)(C)NC(C)(C)C2)c1C(=O)O. The van der Waals surface area contributed by atoms with E-state index >= 15 is 0 Å². The van der Waals surface area contributed by atoms with Crippen LogP contribution in [0.2, 0.25) is 0 Å². The summed E-state index contributed by atoms with van der Waals surface area (Å²) in [6, 6.07) is 3.21. The lowest BCUT2D eigenvalue weighted by atomic mass is 9.71. The first-order valence-electron chi connectivity index (χ1n) is 7.83. The Morgan fingerprint density at radius 2 is 1.57 bits per heavy atom. The van der Waals surface area contributed by atoms with Gasteiger partial charge in [0.1, 0.15) is 0 Å². The summed E-state index contributed by atoms with van der Waals surface area (Å²) in [6.45, 7) is 10.0. The number of rotatable bonds is 3. The minimum absolute atomic E-state index is 0.0543. The summed E-state index contributed by atoms with van der Waals surface area (Å²) in [5, 5.41) is 22.5. The molecule has 0 radical (unpaired) electrons. The van der Waals surface area contributed by atoms with Crippen molar-refractivity contribution in [3.05, 3.63) is 34.4 Å². The summed E-state index contributed by atoms with van der Waals surface area (Å²) in [7, 11) is 0. The van der Waals surface area contributed by atoms with Crippen LogP contribution in [0.25, 0.3) is 0 Å². The number of carboxylic acids is 2. The lowest BCUT2D eigenvalue weighted by Crippen LogP contribution is -2.57. The molecule has 0 spiro atoms. The normalized spacial score (nSPS) is 20.2. The van der Waals surface area contributed by atoms with E-state index in [9.17, 15) is 19.8 Å². The van der Waals surface area contributed by atoms with E-state index in [0.29, 0.717) is 5.56 Å². The largest absolute Gasteiger partial charge is 0.478 e. The summed E-state index contributed by atoms with van der Waals surface area (Å²) in [5.74, 6) is -2.08. The Kier molecular flexibility index (Phi) is 4.28. The Bertz CT molecular complexity index is 645. The standard InChI is InChI=1S/C18H25NO4/c1-10-12(15(20)21)6-7-13(14(10)16(22)23)11-8-17(2,3)19-18(4,5)9-11/h6-7,11,19H,8-9H2,1-5H3,(H,20,21)(H,22,23). The molecule has 5 heteroatoms. The zero-order chi connectivity index (χ0) is 17.6. The van der Waals surface area contributed by atoms with Crippen molar-refractivity contribution in [2.24, 2.45) is 0 Å². The fourth-order valence-electron chi connectivity index (χ4n) is 4.13. The molecule has 126 valence electrons. The molecule has 1 saturated heterocycles. The number of carbonyl (C=O) groups is 2. The summed E-state index contributed by atoms with van der Waals surface area (Å²) >= 11 is 0. The highest BCUT2D eigenvalue weighted by Crippen LogP contribution is 2.41.